The van der Waals surface area contributed by atoms with Crippen molar-refractivity contribution >= 4 is 38.4 Å². The predicted octanol–water partition coefficient (Wildman–Crippen LogP) is 2.69. The van der Waals surface area contributed by atoms with Crippen LogP contribution in [-0.2, 0) is 4.79 Å². The van der Waals surface area contributed by atoms with Gasteiger partial charge in [0.1, 0.15) is 5.82 Å². The van der Waals surface area contributed by atoms with Crippen molar-refractivity contribution in [3.05, 3.63) is 34.9 Å². The van der Waals surface area contributed by atoms with Crippen molar-refractivity contribution < 1.29 is 4.79 Å². The molecule has 19 heavy (non-hydrogen) atoms. The highest BCUT2D eigenvalue weighted by molar-refractivity contribution is 9.10. The quantitative estimate of drug-likeness (QED) is 0.894. The van der Waals surface area contributed by atoms with E-state index in [0.717, 1.165) is 27.5 Å². The number of hydrogen-bond acceptors (Lipinski definition) is 3. The number of hydrogen-bond donors (Lipinski definition) is 2. The third-order valence-electron chi connectivity index (χ3n) is 3.36. The zero-order chi connectivity index (χ0) is 13.2. The molecule has 1 aromatic carbocycles. The number of nitrogens with zero attached hydrogens (tertiary/aromatic N) is 1. The zero-order valence-electron chi connectivity index (χ0n) is 10.3. The molecule has 1 amide bonds. The molecule has 2 N–H and O–H groups in total. The smallest absolute Gasteiger partial charge is 0.220 e. The van der Waals surface area contributed by atoms with Crippen LogP contribution >= 0.6 is 15.9 Å². The molecule has 1 unspecified atom stereocenters. The van der Waals surface area contributed by atoms with Crippen LogP contribution in [0.4, 0.5) is 5.82 Å². The van der Waals surface area contributed by atoms with E-state index in [0.29, 0.717) is 13.0 Å². The standard InChI is InChI=1S/C14H14BrN3O/c15-12-3-1-2-11-10(12)6-7-16-14(11)18-9-4-5-13(19)17-8-9/h1-3,6-7,9H,4-5,8H2,(H,16,18)(H,17,19). The van der Waals surface area contributed by atoms with Crippen molar-refractivity contribution in [3.8, 4) is 0 Å². The van der Waals surface area contributed by atoms with Gasteiger partial charge in [-0.3, -0.25) is 4.79 Å². The van der Waals surface area contributed by atoms with E-state index in [4.69, 9.17) is 0 Å². The highest BCUT2D eigenvalue weighted by Crippen LogP contribution is 2.28. The molecule has 5 heteroatoms. The van der Waals surface area contributed by atoms with Crippen LogP contribution in [0.2, 0.25) is 0 Å². The molecule has 1 aliphatic heterocycles. The van der Waals surface area contributed by atoms with Gasteiger partial charge in [0, 0.05) is 40.4 Å². The monoisotopic (exact) mass is 319 g/mol. The van der Waals surface area contributed by atoms with Crippen LogP contribution in [-0.4, -0.2) is 23.5 Å². The number of halogens is 1. The van der Waals surface area contributed by atoms with Crippen LogP contribution in [0.15, 0.2) is 34.9 Å². The number of carbonyl (C=O) groups excluding carboxylic acids is 1. The van der Waals surface area contributed by atoms with Gasteiger partial charge in [0.05, 0.1) is 0 Å². The molecule has 98 valence electrons. The summed E-state index contributed by atoms with van der Waals surface area (Å²) in [4.78, 5) is 15.6. The van der Waals surface area contributed by atoms with Gasteiger partial charge in [-0.25, -0.2) is 4.98 Å². The summed E-state index contributed by atoms with van der Waals surface area (Å²) >= 11 is 3.55. The Morgan fingerprint density at radius 3 is 3.00 bits per heavy atom. The molecular weight excluding hydrogens is 306 g/mol. The first-order chi connectivity index (χ1) is 9.24. The van der Waals surface area contributed by atoms with Crippen LogP contribution in [0.3, 0.4) is 0 Å². The number of carbonyl (C=O) groups is 1. The fourth-order valence-electron chi connectivity index (χ4n) is 2.33. The van der Waals surface area contributed by atoms with Crippen LogP contribution in [0.25, 0.3) is 10.8 Å². The predicted molar refractivity (Wildman–Crippen MR) is 79.1 cm³/mol. The SMILES string of the molecule is O=C1CCC(Nc2nccc3c(Br)cccc23)CN1. The number of benzene rings is 1. The summed E-state index contributed by atoms with van der Waals surface area (Å²) in [6, 6.07) is 8.31. The number of pyridine rings is 1. The normalized spacial score (nSPS) is 19.2. The van der Waals surface area contributed by atoms with Crippen molar-refractivity contribution in [2.75, 3.05) is 11.9 Å². The second-order valence-electron chi connectivity index (χ2n) is 4.68. The summed E-state index contributed by atoms with van der Waals surface area (Å²) in [5.74, 6) is 1.01. The first-order valence-corrected chi connectivity index (χ1v) is 7.10. The number of anilines is 1. The van der Waals surface area contributed by atoms with Crippen molar-refractivity contribution in [2.45, 2.75) is 18.9 Å². The van der Waals surface area contributed by atoms with Crippen molar-refractivity contribution in [2.24, 2.45) is 0 Å². The zero-order valence-corrected chi connectivity index (χ0v) is 11.9. The van der Waals surface area contributed by atoms with Crippen LogP contribution in [0, 0.1) is 0 Å². The van der Waals surface area contributed by atoms with Gasteiger partial charge in [-0.05, 0) is 18.6 Å². The minimum atomic E-state index is 0.131. The maximum Gasteiger partial charge on any atom is 0.220 e. The molecule has 3 rings (SSSR count). The highest BCUT2D eigenvalue weighted by atomic mass is 79.9. The molecule has 2 aromatic rings. The van der Waals surface area contributed by atoms with Gasteiger partial charge in [0.2, 0.25) is 5.91 Å². The van der Waals surface area contributed by atoms with Crippen LogP contribution in [0.1, 0.15) is 12.8 Å². The number of nitrogens with one attached hydrogen (secondary N) is 2. The summed E-state index contributed by atoms with van der Waals surface area (Å²) in [6.07, 6.45) is 3.22. The van der Waals surface area contributed by atoms with E-state index in [9.17, 15) is 4.79 Å². The van der Waals surface area contributed by atoms with E-state index in [-0.39, 0.29) is 11.9 Å². The molecule has 0 radical (unpaired) electrons. The Balaban J connectivity index is 1.89. The van der Waals surface area contributed by atoms with Crippen molar-refractivity contribution in [1.82, 2.24) is 10.3 Å². The topological polar surface area (TPSA) is 54.0 Å². The number of rotatable bonds is 2. The van der Waals surface area contributed by atoms with Gasteiger partial charge in [0.25, 0.3) is 0 Å². The Morgan fingerprint density at radius 2 is 2.21 bits per heavy atom. The van der Waals surface area contributed by atoms with Gasteiger partial charge in [0.15, 0.2) is 0 Å². The largest absolute Gasteiger partial charge is 0.365 e. The Morgan fingerprint density at radius 1 is 1.32 bits per heavy atom. The Labute approximate surface area is 119 Å². The lowest BCUT2D eigenvalue weighted by Gasteiger charge is -2.24. The van der Waals surface area contributed by atoms with Gasteiger partial charge in [-0.1, -0.05) is 28.1 Å². The molecule has 0 saturated carbocycles. The second-order valence-corrected chi connectivity index (χ2v) is 5.53. The van der Waals surface area contributed by atoms with Gasteiger partial charge >= 0.3 is 0 Å². The number of piperidine rings is 1. The molecule has 1 saturated heterocycles. The van der Waals surface area contributed by atoms with Crippen LogP contribution in [0.5, 0.6) is 0 Å². The summed E-state index contributed by atoms with van der Waals surface area (Å²) in [5, 5.41) is 8.53. The average Bonchev–Trinajstić information content (AvgIpc) is 2.43. The highest BCUT2D eigenvalue weighted by Gasteiger charge is 2.18. The minimum Gasteiger partial charge on any atom is -0.365 e. The minimum absolute atomic E-state index is 0.131. The second kappa shape index (κ2) is 5.17. The fourth-order valence-corrected chi connectivity index (χ4v) is 2.83. The molecule has 4 nitrogen and oxygen atoms in total. The molecule has 2 heterocycles. The third-order valence-corrected chi connectivity index (χ3v) is 4.05. The molecular formula is C14H14BrN3O. The van der Waals surface area contributed by atoms with Crippen molar-refractivity contribution in [1.29, 1.82) is 0 Å². The summed E-state index contributed by atoms with van der Waals surface area (Å²) in [5.41, 5.74) is 0. The van der Waals surface area contributed by atoms with Gasteiger partial charge in [-0.15, -0.1) is 0 Å². The van der Waals surface area contributed by atoms with E-state index in [2.05, 4.69) is 37.6 Å². The Hall–Kier alpha value is -1.62. The van der Waals surface area contributed by atoms with Crippen LogP contribution < -0.4 is 10.6 Å². The number of amides is 1. The Kier molecular flexibility index (Phi) is 3.38. The summed E-state index contributed by atoms with van der Waals surface area (Å²) in [7, 11) is 0. The maximum atomic E-state index is 11.2. The van der Waals surface area contributed by atoms with E-state index >= 15 is 0 Å². The van der Waals surface area contributed by atoms with Gasteiger partial charge in [-0.2, -0.15) is 0 Å². The lowest BCUT2D eigenvalue weighted by atomic mass is 10.1. The van der Waals surface area contributed by atoms with E-state index < -0.39 is 0 Å². The Bertz CT molecular complexity index is 619. The van der Waals surface area contributed by atoms with Crippen molar-refractivity contribution in [3.63, 3.8) is 0 Å². The summed E-state index contributed by atoms with van der Waals surface area (Å²) < 4.78 is 1.06. The fraction of sp³-hybridized carbons (Fsp3) is 0.286. The number of fused-ring (bicyclic) bond motifs is 1. The first-order valence-electron chi connectivity index (χ1n) is 6.30. The van der Waals surface area contributed by atoms with E-state index in [1.54, 1.807) is 6.20 Å². The molecule has 1 aliphatic rings. The first kappa shape index (κ1) is 12.4. The van der Waals surface area contributed by atoms with Gasteiger partial charge < -0.3 is 10.6 Å². The average molecular weight is 320 g/mol. The lowest BCUT2D eigenvalue weighted by molar-refractivity contribution is -0.122. The number of aromatic nitrogens is 1. The molecule has 1 fully saturated rings. The molecule has 0 spiro atoms. The maximum absolute atomic E-state index is 11.2. The molecule has 1 aromatic heterocycles. The lowest BCUT2D eigenvalue weighted by Crippen LogP contribution is -2.42. The third kappa shape index (κ3) is 2.56. The molecule has 1 atom stereocenters. The molecule has 0 bridgehead atoms. The van der Waals surface area contributed by atoms with E-state index in [1.807, 2.05) is 18.2 Å². The molecule has 0 aliphatic carbocycles. The van der Waals surface area contributed by atoms with E-state index in [1.165, 1.54) is 0 Å². The summed E-state index contributed by atoms with van der Waals surface area (Å²) in [6.45, 7) is 0.658.